The van der Waals surface area contributed by atoms with Gasteiger partial charge in [0.25, 0.3) is 0 Å². The molecule has 6 heteroatoms. The van der Waals surface area contributed by atoms with Crippen molar-refractivity contribution in [3.63, 3.8) is 0 Å². The number of anilines is 2. The van der Waals surface area contributed by atoms with Crippen LogP contribution in [0.5, 0.6) is 0 Å². The van der Waals surface area contributed by atoms with Crippen LogP contribution in [0.15, 0.2) is 28.8 Å². The van der Waals surface area contributed by atoms with E-state index in [1.54, 1.807) is 26.8 Å². The van der Waals surface area contributed by atoms with Crippen molar-refractivity contribution >= 4 is 23.3 Å². The van der Waals surface area contributed by atoms with Crippen molar-refractivity contribution in [1.82, 2.24) is 5.16 Å². The molecule has 0 saturated carbocycles. The number of aryl methyl sites for hydroxylation is 2. The minimum absolute atomic E-state index is 0.292. The third-order valence-electron chi connectivity index (χ3n) is 3.86. The van der Waals surface area contributed by atoms with Gasteiger partial charge >= 0.3 is 0 Å². The van der Waals surface area contributed by atoms with E-state index >= 15 is 0 Å². The van der Waals surface area contributed by atoms with Crippen molar-refractivity contribution in [3.8, 4) is 0 Å². The normalized spacial score (nSPS) is 11.2. The number of carbonyl (C=O) groups is 2. The predicted molar refractivity (Wildman–Crippen MR) is 88.2 cm³/mol. The molecule has 0 spiro atoms. The van der Waals surface area contributed by atoms with E-state index in [9.17, 15) is 9.59 Å². The van der Waals surface area contributed by atoms with Crippen LogP contribution in [-0.4, -0.2) is 17.0 Å². The molecule has 2 amide bonds. The average Bonchev–Trinajstić information content (AvgIpc) is 2.88. The standard InChI is InChI=1S/C17H21N3O3/c1-10-7-6-8-13(12(10)3)18-15(21)17(4,5)16(22)19-14-9-11(2)23-20-14/h6-9H,1-5H3,(H,18,21)(H,19,20,22). The Kier molecular flexibility index (Phi) is 4.54. The molecule has 0 fully saturated rings. The summed E-state index contributed by atoms with van der Waals surface area (Å²) in [5.41, 5.74) is 1.49. The van der Waals surface area contributed by atoms with E-state index in [0.29, 0.717) is 17.3 Å². The van der Waals surface area contributed by atoms with Gasteiger partial charge in [0.05, 0.1) is 0 Å². The Morgan fingerprint density at radius 2 is 1.74 bits per heavy atom. The van der Waals surface area contributed by atoms with Crippen LogP contribution in [0.25, 0.3) is 0 Å². The molecule has 0 bridgehead atoms. The molecule has 2 aromatic rings. The third kappa shape index (κ3) is 3.59. The topological polar surface area (TPSA) is 84.2 Å². The Labute approximate surface area is 135 Å². The van der Waals surface area contributed by atoms with Gasteiger partial charge in [-0.05, 0) is 51.8 Å². The molecule has 0 saturated heterocycles. The van der Waals surface area contributed by atoms with Gasteiger partial charge in [0, 0.05) is 11.8 Å². The first-order valence-corrected chi connectivity index (χ1v) is 7.34. The molecule has 1 heterocycles. The number of nitrogens with one attached hydrogen (secondary N) is 2. The largest absolute Gasteiger partial charge is 0.360 e. The zero-order valence-electron chi connectivity index (χ0n) is 14.0. The van der Waals surface area contributed by atoms with Crippen LogP contribution in [0.2, 0.25) is 0 Å². The molecule has 0 radical (unpaired) electrons. The number of hydrogen-bond acceptors (Lipinski definition) is 4. The Hall–Kier alpha value is -2.63. The Balaban J connectivity index is 2.12. The zero-order valence-corrected chi connectivity index (χ0v) is 14.0. The summed E-state index contributed by atoms with van der Waals surface area (Å²) in [6.07, 6.45) is 0. The van der Waals surface area contributed by atoms with Gasteiger partial charge in [-0.2, -0.15) is 0 Å². The van der Waals surface area contributed by atoms with E-state index in [1.807, 2.05) is 32.0 Å². The minimum atomic E-state index is -1.26. The summed E-state index contributed by atoms with van der Waals surface area (Å²) in [7, 11) is 0. The van der Waals surface area contributed by atoms with Gasteiger partial charge in [-0.25, -0.2) is 0 Å². The molecular weight excluding hydrogens is 294 g/mol. The molecule has 2 N–H and O–H groups in total. The zero-order chi connectivity index (χ0) is 17.2. The van der Waals surface area contributed by atoms with E-state index in [0.717, 1.165) is 11.1 Å². The van der Waals surface area contributed by atoms with Gasteiger partial charge in [-0.3, -0.25) is 9.59 Å². The lowest BCUT2D eigenvalue weighted by Gasteiger charge is -2.22. The van der Waals surface area contributed by atoms with Gasteiger partial charge in [0.2, 0.25) is 11.8 Å². The van der Waals surface area contributed by atoms with Gasteiger partial charge in [-0.1, -0.05) is 17.3 Å². The summed E-state index contributed by atoms with van der Waals surface area (Å²) in [6, 6.07) is 7.24. The van der Waals surface area contributed by atoms with E-state index in [4.69, 9.17) is 4.52 Å². The highest BCUT2D eigenvalue weighted by atomic mass is 16.5. The van der Waals surface area contributed by atoms with E-state index < -0.39 is 11.3 Å². The molecule has 1 aromatic heterocycles. The van der Waals surface area contributed by atoms with Crippen LogP contribution < -0.4 is 10.6 Å². The quantitative estimate of drug-likeness (QED) is 0.849. The SMILES string of the molecule is Cc1cc(NC(=O)C(C)(C)C(=O)Nc2cccc(C)c2C)no1. The van der Waals surface area contributed by atoms with Gasteiger partial charge < -0.3 is 15.2 Å². The summed E-state index contributed by atoms with van der Waals surface area (Å²) >= 11 is 0. The molecule has 6 nitrogen and oxygen atoms in total. The lowest BCUT2D eigenvalue weighted by Crippen LogP contribution is -2.41. The number of rotatable bonds is 4. The van der Waals surface area contributed by atoms with Crippen molar-refractivity contribution in [2.24, 2.45) is 5.41 Å². The molecular formula is C17H21N3O3. The predicted octanol–water partition coefficient (Wildman–Crippen LogP) is 3.20. The van der Waals surface area contributed by atoms with E-state index in [2.05, 4.69) is 15.8 Å². The van der Waals surface area contributed by atoms with Crippen LogP contribution in [0.4, 0.5) is 11.5 Å². The summed E-state index contributed by atoms with van der Waals surface area (Å²) in [5.74, 6) is 0.0376. The fraction of sp³-hybridized carbons (Fsp3) is 0.353. The highest BCUT2D eigenvalue weighted by Crippen LogP contribution is 2.24. The Morgan fingerprint density at radius 3 is 2.35 bits per heavy atom. The maximum Gasteiger partial charge on any atom is 0.240 e. The van der Waals surface area contributed by atoms with Crippen LogP contribution >= 0.6 is 0 Å². The lowest BCUT2D eigenvalue weighted by molar-refractivity contribution is -0.135. The second-order valence-electron chi connectivity index (χ2n) is 6.10. The van der Waals surface area contributed by atoms with Crippen molar-refractivity contribution < 1.29 is 14.1 Å². The van der Waals surface area contributed by atoms with Gasteiger partial charge in [0.15, 0.2) is 5.82 Å². The van der Waals surface area contributed by atoms with E-state index in [1.165, 1.54) is 0 Å². The number of amides is 2. The maximum atomic E-state index is 12.5. The number of benzene rings is 1. The first-order chi connectivity index (χ1) is 10.7. The fourth-order valence-corrected chi connectivity index (χ4v) is 1.97. The molecule has 122 valence electrons. The molecule has 0 unspecified atom stereocenters. The van der Waals surface area contributed by atoms with Crippen LogP contribution in [0.1, 0.15) is 30.7 Å². The van der Waals surface area contributed by atoms with Crippen molar-refractivity contribution in [1.29, 1.82) is 0 Å². The lowest BCUT2D eigenvalue weighted by atomic mass is 9.90. The van der Waals surface area contributed by atoms with Crippen molar-refractivity contribution in [2.75, 3.05) is 10.6 Å². The molecule has 0 aliphatic carbocycles. The Bertz CT molecular complexity index is 747. The molecule has 0 aliphatic heterocycles. The molecule has 0 aliphatic rings. The van der Waals surface area contributed by atoms with Crippen molar-refractivity contribution in [3.05, 3.63) is 41.2 Å². The number of carbonyl (C=O) groups excluding carboxylic acids is 2. The summed E-state index contributed by atoms with van der Waals surface area (Å²) in [6.45, 7) is 8.75. The fourth-order valence-electron chi connectivity index (χ4n) is 1.97. The highest BCUT2D eigenvalue weighted by Gasteiger charge is 2.36. The highest BCUT2D eigenvalue weighted by molar-refractivity contribution is 6.13. The third-order valence-corrected chi connectivity index (χ3v) is 3.86. The first kappa shape index (κ1) is 16.7. The van der Waals surface area contributed by atoms with Crippen LogP contribution in [0, 0.1) is 26.2 Å². The summed E-state index contributed by atoms with van der Waals surface area (Å²) in [5, 5.41) is 9.11. The molecule has 23 heavy (non-hydrogen) atoms. The monoisotopic (exact) mass is 315 g/mol. The molecule has 2 rings (SSSR count). The smallest absolute Gasteiger partial charge is 0.240 e. The molecule has 1 aromatic carbocycles. The van der Waals surface area contributed by atoms with Crippen LogP contribution in [-0.2, 0) is 9.59 Å². The number of aromatic nitrogens is 1. The van der Waals surface area contributed by atoms with Gasteiger partial charge in [0.1, 0.15) is 11.2 Å². The van der Waals surface area contributed by atoms with E-state index in [-0.39, 0.29) is 5.91 Å². The first-order valence-electron chi connectivity index (χ1n) is 7.34. The van der Waals surface area contributed by atoms with Crippen LogP contribution in [0.3, 0.4) is 0 Å². The summed E-state index contributed by atoms with van der Waals surface area (Å²) in [4.78, 5) is 24.9. The second-order valence-corrected chi connectivity index (χ2v) is 6.10. The average molecular weight is 315 g/mol. The minimum Gasteiger partial charge on any atom is -0.360 e. The van der Waals surface area contributed by atoms with Gasteiger partial charge in [-0.15, -0.1) is 0 Å². The van der Waals surface area contributed by atoms with Crippen molar-refractivity contribution in [2.45, 2.75) is 34.6 Å². The molecule has 0 atom stereocenters. The number of hydrogen-bond donors (Lipinski definition) is 2. The maximum absolute atomic E-state index is 12.5. The second kappa shape index (κ2) is 6.24. The Morgan fingerprint density at radius 1 is 1.09 bits per heavy atom. The number of nitrogens with zero attached hydrogens (tertiary/aromatic N) is 1. The summed E-state index contributed by atoms with van der Waals surface area (Å²) < 4.78 is 4.90.